The number of amides is 2. The summed E-state index contributed by atoms with van der Waals surface area (Å²) in [6.45, 7) is 5.05. The SMILES string of the molecule is CC(C)(C)OC(=O)N[C@@H](CO)CNC(=O)OCc1ccccc1. The van der Waals surface area contributed by atoms with Crippen molar-refractivity contribution in [2.75, 3.05) is 13.2 Å². The van der Waals surface area contributed by atoms with Crippen LogP contribution in [0.25, 0.3) is 0 Å². The van der Waals surface area contributed by atoms with E-state index >= 15 is 0 Å². The molecular formula is C16H24N2O5. The first-order chi connectivity index (χ1) is 10.8. The predicted molar refractivity (Wildman–Crippen MR) is 84.9 cm³/mol. The molecule has 0 aliphatic heterocycles. The average molecular weight is 324 g/mol. The Balaban J connectivity index is 2.30. The molecule has 0 aliphatic rings. The van der Waals surface area contributed by atoms with Gasteiger partial charge in [0.15, 0.2) is 0 Å². The van der Waals surface area contributed by atoms with Crippen molar-refractivity contribution >= 4 is 12.2 Å². The van der Waals surface area contributed by atoms with Crippen molar-refractivity contribution in [2.45, 2.75) is 39.0 Å². The van der Waals surface area contributed by atoms with Crippen LogP contribution in [0.1, 0.15) is 26.3 Å². The molecule has 0 unspecified atom stereocenters. The number of carbonyl (C=O) groups is 2. The van der Waals surface area contributed by atoms with Crippen LogP contribution in [-0.4, -0.2) is 42.1 Å². The first-order valence-electron chi connectivity index (χ1n) is 7.35. The molecule has 0 bridgehead atoms. The Labute approximate surface area is 136 Å². The normalized spacial score (nSPS) is 12.2. The summed E-state index contributed by atoms with van der Waals surface area (Å²) < 4.78 is 10.1. The molecule has 2 amide bonds. The maximum Gasteiger partial charge on any atom is 0.408 e. The highest BCUT2D eigenvalue weighted by Gasteiger charge is 2.19. The van der Waals surface area contributed by atoms with Crippen molar-refractivity contribution in [2.24, 2.45) is 0 Å². The molecule has 128 valence electrons. The van der Waals surface area contributed by atoms with Crippen LogP contribution < -0.4 is 10.6 Å². The molecular weight excluding hydrogens is 300 g/mol. The van der Waals surface area contributed by atoms with E-state index in [2.05, 4.69) is 10.6 Å². The lowest BCUT2D eigenvalue weighted by Crippen LogP contribution is -2.47. The first kappa shape index (κ1) is 18.8. The van der Waals surface area contributed by atoms with E-state index in [9.17, 15) is 14.7 Å². The Hall–Kier alpha value is -2.28. The summed E-state index contributed by atoms with van der Waals surface area (Å²) in [6, 6.07) is 8.60. The first-order valence-corrected chi connectivity index (χ1v) is 7.35. The number of aliphatic hydroxyl groups is 1. The molecule has 0 saturated heterocycles. The summed E-state index contributed by atoms with van der Waals surface area (Å²) in [6.07, 6.45) is -1.28. The van der Waals surface area contributed by atoms with E-state index in [1.807, 2.05) is 30.3 Å². The molecule has 0 heterocycles. The molecule has 1 atom stereocenters. The standard InChI is InChI=1S/C16H24N2O5/c1-16(2,3)23-15(21)18-13(10-19)9-17-14(20)22-11-12-7-5-4-6-8-12/h4-8,13,19H,9-11H2,1-3H3,(H,17,20)(H,18,21)/t13-/m1/s1. The third kappa shape index (κ3) is 8.67. The number of carbonyl (C=O) groups excluding carboxylic acids is 2. The van der Waals surface area contributed by atoms with E-state index in [0.717, 1.165) is 5.56 Å². The molecule has 7 heteroatoms. The number of rotatable bonds is 6. The molecule has 1 aromatic rings. The third-order valence-electron chi connectivity index (χ3n) is 2.65. The Morgan fingerprint density at radius 1 is 1.17 bits per heavy atom. The van der Waals surface area contributed by atoms with E-state index in [4.69, 9.17) is 9.47 Å². The minimum atomic E-state index is -0.658. The van der Waals surface area contributed by atoms with E-state index in [1.54, 1.807) is 20.8 Å². The van der Waals surface area contributed by atoms with Gasteiger partial charge in [0, 0.05) is 6.54 Å². The van der Waals surface area contributed by atoms with Gasteiger partial charge in [0.05, 0.1) is 12.6 Å². The molecule has 0 aromatic heterocycles. The third-order valence-corrected chi connectivity index (χ3v) is 2.65. The predicted octanol–water partition coefficient (Wildman–Crippen LogP) is 1.80. The molecule has 0 saturated carbocycles. The van der Waals surface area contributed by atoms with Gasteiger partial charge in [-0.05, 0) is 26.3 Å². The Morgan fingerprint density at radius 2 is 1.83 bits per heavy atom. The van der Waals surface area contributed by atoms with Crippen LogP contribution in [-0.2, 0) is 16.1 Å². The second kappa shape index (κ2) is 8.99. The maximum absolute atomic E-state index is 11.6. The van der Waals surface area contributed by atoms with Gasteiger partial charge in [0.2, 0.25) is 0 Å². The minimum absolute atomic E-state index is 0.0311. The largest absolute Gasteiger partial charge is 0.445 e. The maximum atomic E-state index is 11.6. The van der Waals surface area contributed by atoms with Gasteiger partial charge < -0.3 is 25.2 Å². The zero-order valence-electron chi connectivity index (χ0n) is 13.7. The van der Waals surface area contributed by atoms with E-state index in [0.29, 0.717) is 0 Å². The van der Waals surface area contributed by atoms with Crippen molar-refractivity contribution in [3.8, 4) is 0 Å². The monoisotopic (exact) mass is 324 g/mol. The zero-order chi connectivity index (χ0) is 17.3. The number of hydrogen-bond acceptors (Lipinski definition) is 5. The summed E-state index contributed by atoms with van der Waals surface area (Å²) in [5, 5.41) is 14.2. The van der Waals surface area contributed by atoms with Crippen LogP contribution >= 0.6 is 0 Å². The van der Waals surface area contributed by atoms with Crippen molar-refractivity contribution in [3.63, 3.8) is 0 Å². The lowest BCUT2D eigenvalue weighted by molar-refractivity contribution is 0.0480. The van der Waals surface area contributed by atoms with Gasteiger partial charge in [-0.15, -0.1) is 0 Å². The smallest absolute Gasteiger partial charge is 0.408 e. The van der Waals surface area contributed by atoms with Gasteiger partial charge in [0.1, 0.15) is 12.2 Å². The van der Waals surface area contributed by atoms with E-state index in [1.165, 1.54) is 0 Å². The van der Waals surface area contributed by atoms with Gasteiger partial charge in [-0.1, -0.05) is 30.3 Å². The van der Waals surface area contributed by atoms with Crippen LogP contribution in [0.3, 0.4) is 0 Å². The number of nitrogens with one attached hydrogen (secondary N) is 2. The lowest BCUT2D eigenvalue weighted by atomic mass is 10.2. The molecule has 1 rings (SSSR count). The summed E-state index contributed by atoms with van der Waals surface area (Å²) in [5.41, 5.74) is 0.236. The highest BCUT2D eigenvalue weighted by Crippen LogP contribution is 2.06. The second-order valence-electron chi connectivity index (χ2n) is 5.97. The molecule has 1 aromatic carbocycles. The molecule has 23 heavy (non-hydrogen) atoms. The number of benzene rings is 1. The molecule has 0 aliphatic carbocycles. The van der Waals surface area contributed by atoms with Gasteiger partial charge in [-0.25, -0.2) is 9.59 Å². The molecule has 0 spiro atoms. The summed E-state index contributed by atoms with van der Waals surface area (Å²) in [4.78, 5) is 23.2. The van der Waals surface area contributed by atoms with Crippen LogP contribution in [0.4, 0.5) is 9.59 Å². The van der Waals surface area contributed by atoms with Crippen LogP contribution in [0.5, 0.6) is 0 Å². The quantitative estimate of drug-likeness (QED) is 0.741. The van der Waals surface area contributed by atoms with Crippen molar-refractivity contribution in [3.05, 3.63) is 35.9 Å². The van der Waals surface area contributed by atoms with E-state index in [-0.39, 0.29) is 19.8 Å². The number of ether oxygens (including phenoxy) is 2. The Bertz CT molecular complexity index is 499. The molecule has 0 fully saturated rings. The van der Waals surface area contributed by atoms with Crippen LogP contribution in [0.15, 0.2) is 30.3 Å². The van der Waals surface area contributed by atoms with Crippen molar-refractivity contribution in [1.82, 2.24) is 10.6 Å². The van der Waals surface area contributed by atoms with E-state index < -0.39 is 23.8 Å². The molecule has 0 radical (unpaired) electrons. The summed E-state index contributed by atoms with van der Waals surface area (Å²) >= 11 is 0. The fraction of sp³-hybridized carbons (Fsp3) is 0.500. The fourth-order valence-electron chi connectivity index (χ4n) is 1.62. The van der Waals surface area contributed by atoms with Crippen LogP contribution in [0, 0.1) is 0 Å². The van der Waals surface area contributed by atoms with Crippen molar-refractivity contribution < 1.29 is 24.2 Å². The van der Waals surface area contributed by atoms with Gasteiger partial charge in [0.25, 0.3) is 0 Å². The van der Waals surface area contributed by atoms with Crippen molar-refractivity contribution in [1.29, 1.82) is 0 Å². The zero-order valence-corrected chi connectivity index (χ0v) is 13.7. The second-order valence-corrected chi connectivity index (χ2v) is 5.97. The van der Waals surface area contributed by atoms with Gasteiger partial charge in [-0.2, -0.15) is 0 Å². The van der Waals surface area contributed by atoms with Gasteiger partial charge in [-0.3, -0.25) is 0 Å². The lowest BCUT2D eigenvalue weighted by Gasteiger charge is -2.22. The number of aliphatic hydroxyl groups excluding tert-OH is 1. The number of alkyl carbamates (subject to hydrolysis) is 2. The minimum Gasteiger partial charge on any atom is -0.445 e. The molecule has 7 nitrogen and oxygen atoms in total. The number of hydrogen-bond donors (Lipinski definition) is 3. The topological polar surface area (TPSA) is 96.9 Å². The molecule has 3 N–H and O–H groups in total. The van der Waals surface area contributed by atoms with Crippen LogP contribution in [0.2, 0.25) is 0 Å². The highest BCUT2D eigenvalue weighted by atomic mass is 16.6. The average Bonchev–Trinajstić information content (AvgIpc) is 2.48. The highest BCUT2D eigenvalue weighted by molar-refractivity contribution is 5.69. The fourth-order valence-corrected chi connectivity index (χ4v) is 1.62. The summed E-state index contributed by atoms with van der Waals surface area (Å²) in [5.74, 6) is 0. The summed E-state index contributed by atoms with van der Waals surface area (Å²) in [7, 11) is 0. The Morgan fingerprint density at radius 3 is 2.39 bits per heavy atom. The van der Waals surface area contributed by atoms with Gasteiger partial charge >= 0.3 is 12.2 Å². The Kier molecular flexibility index (Phi) is 7.34.